The summed E-state index contributed by atoms with van der Waals surface area (Å²) in [6, 6.07) is 0. The minimum atomic E-state index is 0.0905. The number of rotatable bonds is 3. The lowest BCUT2D eigenvalue weighted by Crippen LogP contribution is -1.87. The van der Waals surface area contributed by atoms with Gasteiger partial charge in [0.05, 0.1) is 0 Å². The maximum Gasteiger partial charge on any atom is 0.470 e. The quantitative estimate of drug-likeness (QED) is 0.446. The minimum Gasteiger partial charge on any atom is -0.387 e. The lowest BCUT2D eigenvalue weighted by atomic mass is 10.9. The Morgan fingerprint density at radius 3 is 2.67 bits per heavy atom. The van der Waals surface area contributed by atoms with Crippen molar-refractivity contribution in [2.24, 2.45) is 0 Å². The van der Waals surface area contributed by atoms with Gasteiger partial charge >= 0.3 is 18.2 Å². The predicted octanol–water partition coefficient (Wildman–Crippen LogP) is 1.07. The van der Waals surface area contributed by atoms with Gasteiger partial charge in [-0.3, -0.25) is 0 Å². The highest BCUT2D eigenvalue weighted by Crippen LogP contribution is 1.83. The molecule has 0 aromatic rings. The number of hydrogen-bond acceptors (Lipinski definition) is 1. The molecule has 0 spiro atoms. The molecule has 0 rings (SSSR count). The molecule has 0 aliphatic carbocycles. The first kappa shape index (κ1) is 7.21. The average molecular weight is 163 g/mol. The van der Waals surface area contributed by atoms with Crippen LogP contribution in [0.4, 0.5) is 0 Å². The Labute approximate surface area is 54.0 Å². The smallest absolute Gasteiger partial charge is 0.387 e. The summed E-state index contributed by atoms with van der Waals surface area (Å²) in [5.41, 5.74) is 0. The third-order valence-electron chi connectivity index (χ3n) is 0.482. The zero-order chi connectivity index (χ0) is 4.83. The lowest BCUT2D eigenvalue weighted by molar-refractivity contribution is 0.216. The van der Waals surface area contributed by atoms with Crippen LogP contribution in [0.25, 0.3) is 0 Å². The van der Waals surface area contributed by atoms with Crippen LogP contribution in [0.2, 0.25) is 4.55 Å². The van der Waals surface area contributed by atoms with E-state index >= 15 is 0 Å². The van der Waals surface area contributed by atoms with Crippen LogP contribution >= 0.6 is 12.9 Å². The minimum absolute atomic E-state index is 0.0905. The molecule has 0 bridgehead atoms. The molecule has 1 nitrogen and oxygen atoms in total. The van der Waals surface area contributed by atoms with E-state index in [1.54, 1.807) is 7.11 Å². The van der Waals surface area contributed by atoms with Crippen molar-refractivity contribution >= 4 is 31.1 Å². The van der Waals surface area contributed by atoms with E-state index in [0.29, 0.717) is 0 Å². The standard InChI is InChI=1S/C3H7O.BrH.Mg/c1-3-4-2;;/h1,3H2,2H3;1H;/q;;+1/p-1. The molecule has 0 aliphatic heterocycles. The molecule has 0 saturated heterocycles. The number of hydrogen-bond donors (Lipinski definition) is 0. The van der Waals surface area contributed by atoms with Crippen LogP contribution < -0.4 is 0 Å². The molecule has 0 aromatic carbocycles. The Morgan fingerprint density at radius 2 is 2.50 bits per heavy atom. The molecule has 0 heterocycles. The number of halogens is 1. The molecule has 0 amide bonds. The van der Waals surface area contributed by atoms with Gasteiger partial charge < -0.3 is 17.6 Å². The summed E-state index contributed by atoms with van der Waals surface area (Å²) in [4.78, 5) is 0. The highest BCUT2D eigenvalue weighted by Gasteiger charge is 1.84. The first-order valence-electron chi connectivity index (χ1n) is 1.96. The van der Waals surface area contributed by atoms with Gasteiger partial charge in [-0.05, 0) is 0 Å². The van der Waals surface area contributed by atoms with Crippen LogP contribution in [0.15, 0.2) is 0 Å². The third-order valence-corrected chi connectivity index (χ3v) is 2.72. The zero-order valence-corrected chi connectivity index (χ0v) is 6.91. The maximum absolute atomic E-state index is 4.79. The summed E-state index contributed by atoms with van der Waals surface area (Å²) in [6.07, 6.45) is 0. The van der Waals surface area contributed by atoms with E-state index in [4.69, 9.17) is 4.74 Å². The van der Waals surface area contributed by atoms with Crippen LogP contribution in [0, 0.1) is 0 Å². The molecule has 34 valence electrons. The van der Waals surface area contributed by atoms with Gasteiger partial charge in [0.15, 0.2) is 0 Å². The van der Waals surface area contributed by atoms with Crippen molar-refractivity contribution in [2.45, 2.75) is 4.55 Å². The molecule has 6 heavy (non-hydrogen) atoms. The van der Waals surface area contributed by atoms with Crippen molar-refractivity contribution in [3.63, 3.8) is 0 Å². The van der Waals surface area contributed by atoms with Crippen molar-refractivity contribution in [3.8, 4) is 0 Å². The van der Waals surface area contributed by atoms with Crippen molar-refractivity contribution in [1.82, 2.24) is 0 Å². The molecule has 0 N–H and O–H groups in total. The second-order valence-corrected chi connectivity index (χ2v) is 4.50. The third kappa shape index (κ3) is 5.21. The summed E-state index contributed by atoms with van der Waals surface area (Å²) in [5, 5.41) is 0. The molecule has 3 heteroatoms. The molecule has 0 saturated carbocycles. The first-order valence-corrected chi connectivity index (χ1v) is 6.86. The van der Waals surface area contributed by atoms with Crippen LogP contribution in [-0.4, -0.2) is 31.9 Å². The van der Waals surface area contributed by atoms with Crippen molar-refractivity contribution < 1.29 is 4.74 Å². The molecule has 0 aromatic heterocycles. The summed E-state index contributed by atoms with van der Waals surface area (Å²) < 4.78 is 6.03. The Kier molecular flexibility index (Phi) is 7.45. The Bertz CT molecular complexity index is 22.8. The van der Waals surface area contributed by atoms with Crippen molar-refractivity contribution in [1.29, 1.82) is 0 Å². The number of methoxy groups -OCH3 is 1. The van der Waals surface area contributed by atoms with Gasteiger partial charge in [-0.15, -0.1) is 4.55 Å². The molecule has 0 unspecified atom stereocenters. The van der Waals surface area contributed by atoms with Gasteiger partial charge in [0.1, 0.15) is 0 Å². The van der Waals surface area contributed by atoms with Gasteiger partial charge in [0.2, 0.25) is 0 Å². The molecular formula is C3H7BrMgO. The van der Waals surface area contributed by atoms with Crippen molar-refractivity contribution in [2.75, 3.05) is 13.7 Å². The summed E-state index contributed by atoms with van der Waals surface area (Å²) in [7, 11) is 1.73. The lowest BCUT2D eigenvalue weighted by Gasteiger charge is -1.87. The topological polar surface area (TPSA) is 9.23 Å². The van der Waals surface area contributed by atoms with E-state index < -0.39 is 0 Å². The fourth-order valence-electron chi connectivity index (χ4n) is 0.199. The van der Waals surface area contributed by atoms with Crippen LogP contribution in [0.1, 0.15) is 0 Å². The molecule has 0 radical (unpaired) electrons. The van der Waals surface area contributed by atoms with E-state index in [0.717, 1.165) is 6.61 Å². The fraction of sp³-hybridized carbons (Fsp3) is 1.00. The van der Waals surface area contributed by atoms with Gasteiger partial charge in [-0.2, -0.15) is 0 Å². The normalized spacial score (nSPS) is 7.67. The van der Waals surface area contributed by atoms with E-state index in [9.17, 15) is 0 Å². The highest BCUT2D eigenvalue weighted by atomic mass is 79.9. The Hall–Kier alpha value is 1.21. The van der Waals surface area contributed by atoms with Crippen LogP contribution in [-0.2, 0) is 4.74 Å². The van der Waals surface area contributed by atoms with Gasteiger partial charge in [0.25, 0.3) is 0 Å². The molecule has 0 aliphatic rings. The second kappa shape index (κ2) is 6.21. The maximum atomic E-state index is 4.79. The largest absolute Gasteiger partial charge is 0.470 e. The van der Waals surface area contributed by atoms with Gasteiger partial charge in [-0.25, -0.2) is 0 Å². The van der Waals surface area contributed by atoms with Crippen molar-refractivity contribution in [3.05, 3.63) is 0 Å². The number of ether oxygens (including phenoxy) is 1. The predicted molar refractivity (Wildman–Crippen MR) is 31.4 cm³/mol. The molecule has 0 atom stereocenters. The summed E-state index contributed by atoms with van der Waals surface area (Å²) >= 11 is 3.50. The molecule has 0 fully saturated rings. The van der Waals surface area contributed by atoms with E-state index in [1.165, 1.54) is 4.55 Å². The van der Waals surface area contributed by atoms with Crippen LogP contribution in [0.5, 0.6) is 0 Å². The summed E-state index contributed by atoms with van der Waals surface area (Å²) in [5.74, 6) is 0. The Balaban J connectivity index is 2.34. The van der Waals surface area contributed by atoms with Gasteiger partial charge in [0, 0.05) is 13.7 Å². The van der Waals surface area contributed by atoms with E-state index in [1.807, 2.05) is 0 Å². The SMILES string of the molecule is COC[CH2][Mg][Br]. The monoisotopic (exact) mass is 162 g/mol. The van der Waals surface area contributed by atoms with E-state index in [2.05, 4.69) is 12.9 Å². The summed E-state index contributed by atoms with van der Waals surface area (Å²) in [6.45, 7) is 0.928. The first-order chi connectivity index (χ1) is 2.91. The van der Waals surface area contributed by atoms with E-state index in [-0.39, 0.29) is 18.2 Å². The highest BCUT2D eigenvalue weighted by molar-refractivity contribution is 9.23. The Morgan fingerprint density at radius 1 is 1.83 bits per heavy atom. The average Bonchev–Trinajstić information content (AvgIpc) is 1.61. The second-order valence-electron chi connectivity index (χ2n) is 1.04. The van der Waals surface area contributed by atoms with Gasteiger partial charge in [-0.1, -0.05) is 0 Å². The fourth-order valence-corrected chi connectivity index (χ4v) is 1.28. The molecular weight excluding hydrogens is 156 g/mol. The zero-order valence-electron chi connectivity index (χ0n) is 3.91. The van der Waals surface area contributed by atoms with Crippen LogP contribution in [0.3, 0.4) is 0 Å².